The summed E-state index contributed by atoms with van der Waals surface area (Å²) < 4.78 is 0. The van der Waals surface area contributed by atoms with E-state index in [2.05, 4.69) is 23.3 Å². The van der Waals surface area contributed by atoms with E-state index in [4.69, 9.17) is 0 Å². The summed E-state index contributed by atoms with van der Waals surface area (Å²) in [5.41, 5.74) is 3.79. The lowest BCUT2D eigenvalue weighted by Gasteiger charge is -2.29. The molecule has 1 aromatic carbocycles. The molecule has 2 atom stereocenters. The summed E-state index contributed by atoms with van der Waals surface area (Å²) in [5, 5.41) is 13.4. The van der Waals surface area contributed by atoms with Crippen LogP contribution < -0.4 is 5.32 Å². The number of hydrogen-bond donors (Lipinski definition) is 2. The van der Waals surface area contributed by atoms with Crippen LogP contribution in [-0.2, 0) is 6.42 Å². The molecule has 1 aromatic heterocycles. The second kappa shape index (κ2) is 5.63. The van der Waals surface area contributed by atoms with Crippen molar-refractivity contribution in [2.24, 2.45) is 0 Å². The normalized spacial score (nSPS) is 19.4. The minimum absolute atomic E-state index is 0.252. The molecule has 2 N–H and O–H groups in total. The number of aromatic nitrogens is 1. The van der Waals surface area contributed by atoms with Gasteiger partial charge in [0.2, 0.25) is 0 Å². The Morgan fingerprint density at radius 3 is 3.05 bits per heavy atom. The molecule has 0 radical (unpaired) electrons. The van der Waals surface area contributed by atoms with E-state index in [-0.39, 0.29) is 6.04 Å². The van der Waals surface area contributed by atoms with Crippen LogP contribution in [0.3, 0.4) is 0 Å². The maximum Gasteiger partial charge on any atom is 0.115 e. The highest BCUT2D eigenvalue weighted by Gasteiger charge is 2.22. The molecule has 0 fully saturated rings. The van der Waals surface area contributed by atoms with Gasteiger partial charge >= 0.3 is 0 Å². The number of rotatable bonds is 3. The van der Waals surface area contributed by atoms with Crippen LogP contribution in [0.5, 0.6) is 5.75 Å². The fraction of sp³-hybridized carbons (Fsp3) is 0.353. The molecule has 104 valence electrons. The van der Waals surface area contributed by atoms with Gasteiger partial charge in [-0.15, -0.1) is 0 Å². The Hall–Kier alpha value is -1.87. The van der Waals surface area contributed by atoms with Gasteiger partial charge in [0.15, 0.2) is 0 Å². The van der Waals surface area contributed by atoms with Crippen LogP contribution in [0.2, 0.25) is 0 Å². The van der Waals surface area contributed by atoms with Crippen molar-refractivity contribution in [1.82, 2.24) is 10.3 Å². The molecule has 20 heavy (non-hydrogen) atoms. The number of benzene rings is 1. The third-order valence-corrected chi connectivity index (χ3v) is 4.08. The second-order valence-corrected chi connectivity index (χ2v) is 5.50. The molecule has 3 nitrogen and oxygen atoms in total. The zero-order valence-electron chi connectivity index (χ0n) is 11.7. The van der Waals surface area contributed by atoms with Gasteiger partial charge in [-0.2, -0.15) is 0 Å². The molecule has 0 amide bonds. The average molecular weight is 268 g/mol. The highest BCUT2D eigenvalue weighted by atomic mass is 16.3. The molecule has 2 aromatic rings. The highest BCUT2D eigenvalue weighted by Crippen LogP contribution is 2.33. The zero-order valence-corrected chi connectivity index (χ0v) is 11.7. The third kappa shape index (κ3) is 2.68. The molecular weight excluding hydrogens is 248 g/mol. The average Bonchev–Trinajstić information content (AvgIpc) is 2.49. The molecule has 1 unspecified atom stereocenters. The number of phenolic OH excluding ortho intramolecular Hbond substituents is 1. The first kappa shape index (κ1) is 13.1. The van der Waals surface area contributed by atoms with Crippen LogP contribution in [0.4, 0.5) is 0 Å². The first-order valence-corrected chi connectivity index (χ1v) is 7.22. The summed E-state index contributed by atoms with van der Waals surface area (Å²) in [6.45, 7) is 2.16. The molecule has 0 saturated heterocycles. The minimum atomic E-state index is 0.252. The van der Waals surface area contributed by atoms with Crippen molar-refractivity contribution in [3.05, 3.63) is 59.4 Å². The van der Waals surface area contributed by atoms with Gasteiger partial charge in [0, 0.05) is 24.5 Å². The number of phenols is 1. The van der Waals surface area contributed by atoms with Gasteiger partial charge in [0.1, 0.15) is 5.75 Å². The monoisotopic (exact) mass is 268 g/mol. The van der Waals surface area contributed by atoms with E-state index in [0.29, 0.717) is 11.8 Å². The van der Waals surface area contributed by atoms with Crippen LogP contribution in [0.25, 0.3) is 0 Å². The Balaban J connectivity index is 1.81. The van der Waals surface area contributed by atoms with Crippen LogP contribution in [0.15, 0.2) is 42.7 Å². The summed E-state index contributed by atoms with van der Waals surface area (Å²) in [7, 11) is 0. The van der Waals surface area contributed by atoms with Gasteiger partial charge < -0.3 is 10.4 Å². The van der Waals surface area contributed by atoms with Crippen molar-refractivity contribution in [3.8, 4) is 5.75 Å². The number of aromatic hydroxyl groups is 1. The molecule has 1 aliphatic carbocycles. The van der Waals surface area contributed by atoms with Gasteiger partial charge in [0.05, 0.1) is 0 Å². The van der Waals surface area contributed by atoms with E-state index < -0.39 is 0 Å². The minimum Gasteiger partial charge on any atom is -0.508 e. The quantitative estimate of drug-likeness (QED) is 0.895. The Bertz CT molecular complexity index is 583. The molecule has 0 spiro atoms. The van der Waals surface area contributed by atoms with Crippen molar-refractivity contribution in [1.29, 1.82) is 0 Å². The van der Waals surface area contributed by atoms with E-state index in [1.807, 2.05) is 24.4 Å². The maximum absolute atomic E-state index is 9.72. The van der Waals surface area contributed by atoms with Gasteiger partial charge in [-0.05, 0) is 61.1 Å². The summed E-state index contributed by atoms with van der Waals surface area (Å²) >= 11 is 0. The highest BCUT2D eigenvalue weighted by molar-refractivity contribution is 5.38. The molecule has 1 heterocycles. The molecule has 1 aliphatic rings. The Morgan fingerprint density at radius 2 is 2.25 bits per heavy atom. The lowest BCUT2D eigenvalue weighted by atomic mass is 9.87. The van der Waals surface area contributed by atoms with Crippen LogP contribution in [0.1, 0.15) is 48.5 Å². The number of pyridine rings is 1. The lowest BCUT2D eigenvalue weighted by Crippen LogP contribution is -2.27. The predicted octanol–water partition coefficient (Wildman–Crippen LogP) is 3.52. The number of fused-ring (bicyclic) bond motifs is 1. The fourth-order valence-corrected chi connectivity index (χ4v) is 2.99. The summed E-state index contributed by atoms with van der Waals surface area (Å²) in [6.07, 6.45) is 7.11. The van der Waals surface area contributed by atoms with Gasteiger partial charge in [-0.1, -0.05) is 12.1 Å². The fourth-order valence-electron chi connectivity index (χ4n) is 2.99. The van der Waals surface area contributed by atoms with Gasteiger partial charge in [0.25, 0.3) is 0 Å². The van der Waals surface area contributed by atoms with Crippen molar-refractivity contribution >= 4 is 0 Å². The zero-order chi connectivity index (χ0) is 13.9. The van der Waals surface area contributed by atoms with Gasteiger partial charge in [-0.25, -0.2) is 0 Å². The van der Waals surface area contributed by atoms with Crippen LogP contribution in [0, 0.1) is 0 Å². The van der Waals surface area contributed by atoms with Crippen LogP contribution >= 0.6 is 0 Å². The van der Waals surface area contributed by atoms with Crippen molar-refractivity contribution in [3.63, 3.8) is 0 Å². The van der Waals surface area contributed by atoms with Crippen molar-refractivity contribution < 1.29 is 5.11 Å². The van der Waals surface area contributed by atoms with Crippen molar-refractivity contribution in [2.75, 3.05) is 0 Å². The molecule has 0 saturated carbocycles. The largest absolute Gasteiger partial charge is 0.508 e. The molecule has 0 bridgehead atoms. The standard InChI is InChI=1S/C17H20N2O/c1-12(14-5-3-9-18-11-14)19-17-6-2-4-13-7-8-15(20)10-16(13)17/h3,5,7-12,17,19-20H,2,4,6H2,1H3/t12-,17?/m1/s1. The smallest absolute Gasteiger partial charge is 0.115 e. The summed E-state index contributed by atoms with van der Waals surface area (Å²) in [6, 6.07) is 10.4. The molecule has 3 rings (SSSR count). The number of nitrogens with zero attached hydrogens (tertiary/aromatic N) is 1. The maximum atomic E-state index is 9.72. The first-order valence-electron chi connectivity index (χ1n) is 7.22. The Labute approximate surface area is 119 Å². The Kier molecular flexibility index (Phi) is 3.70. The summed E-state index contributed by atoms with van der Waals surface area (Å²) in [4.78, 5) is 4.18. The molecule has 0 aliphatic heterocycles. The number of aryl methyl sites for hydroxylation is 1. The molecular formula is C17H20N2O. The van der Waals surface area contributed by atoms with Crippen LogP contribution in [-0.4, -0.2) is 10.1 Å². The van der Waals surface area contributed by atoms with Crippen molar-refractivity contribution in [2.45, 2.75) is 38.3 Å². The van der Waals surface area contributed by atoms with E-state index in [0.717, 1.165) is 12.8 Å². The van der Waals surface area contributed by atoms with E-state index in [9.17, 15) is 5.11 Å². The summed E-state index contributed by atoms with van der Waals surface area (Å²) in [5.74, 6) is 0.353. The second-order valence-electron chi connectivity index (χ2n) is 5.50. The van der Waals surface area contributed by atoms with E-state index in [1.54, 1.807) is 12.3 Å². The lowest BCUT2D eigenvalue weighted by molar-refractivity contribution is 0.410. The SMILES string of the molecule is C[C@@H](NC1CCCc2ccc(O)cc21)c1cccnc1. The molecule has 3 heteroatoms. The third-order valence-electron chi connectivity index (χ3n) is 4.08. The predicted molar refractivity (Wildman–Crippen MR) is 79.6 cm³/mol. The number of hydrogen-bond acceptors (Lipinski definition) is 3. The Morgan fingerprint density at radius 1 is 1.35 bits per heavy atom. The van der Waals surface area contributed by atoms with E-state index >= 15 is 0 Å². The van der Waals surface area contributed by atoms with Gasteiger partial charge in [-0.3, -0.25) is 4.98 Å². The first-order chi connectivity index (χ1) is 9.74. The number of nitrogens with one attached hydrogen (secondary N) is 1. The van der Waals surface area contributed by atoms with E-state index in [1.165, 1.54) is 23.1 Å². The topological polar surface area (TPSA) is 45.1 Å².